The van der Waals surface area contributed by atoms with Gasteiger partial charge in [-0.15, -0.1) is 0 Å². The summed E-state index contributed by atoms with van der Waals surface area (Å²) in [5.74, 6) is 0.122. The second kappa shape index (κ2) is 8.07. The van der Waals surface area contributed by atoms with Gasteiger partial charge in [0.2, 0.25) is 0 Å². The van der Waals surface area contributed by atoms with Gasteiger partial charge in [-0.05, 0) is 29.8 Å². The van der Waals surface area contributed by atoms with Gasteiger partial charge in [0.05, 0.1) is 32.6 Å². The van der Waals surface area contributed by atoms with Gasteiger partial charge < -0.3 is 9.47 Å². The molecule has 0 aliphatic rings. The molecule has 0 aliphatic heterocycles. The van der Waals surface area contributed by atoms with Crippen LogP contribution in [0.2, 0.25) is 5.02 Å². The Bertz CT molecular complexity index is 1100. The van der Waals surface area contributed by atoms with Gasteiger partial charge in [0.1, 0.15) is 22.2 Å². The minimum atomic E-state index is -3.95. The minimum absolute atomic E-state index is 0.0660. The number of methoxy groups -OCH3 is 2. The predicted octanol–water partition coefficient (Wildman–Crippen LogP) is 3.54. The van der Waals surface area contributed by atoms with Crippen LogP contribution in [-0.4, -0.2) is 32.4 Å². The molecular weight excluding hydrogens is 409 g/mol. The van der Waals surface area contributed by atoms with E-state index in [0.29, 0.717) is 11.3 Å². The molecule has 0 atom stereocenters. The average molecular weight is 426 g/mol. The van der Waals surface area contributed by atoms with Crippen LogP contribution >= 0.6 is 11.6 Å². The van der Waals surface area contributed by atoms with Gasteiger partial charge in [-0.3, -0.25) is 9.40 Å². The van der Waals surface area contributed by atoms with Crippen molar-refractivity contribution < 1.29 is 22.3 Å². The number of ether oxygens (including phenoxy) is 2. The van der Waals surface area contributed by atoms with Crippen molar-refractivity contribution in [1.82, 2.24) is 9.78 Å². The Morgan fingerprint density at radius 3 is 2.64 bits per heavy atom. The second-order valence-corrected chi connectivity index (χ2v) is 7.84. The van der Waals surface area contributed by atoms with Crippen LogP contribution in [0.1, 0.15) is 5.56 Å². The molecule has 0 unspecified atom stereocenters. The molecule has 0 radical (unpaired) electrons. The molecule has 7 nitrogen and oxygen atoms in total. The van der Waals surface area contributed by atoms with Crippen molar-refractivity contribution in [3.63, 3.8) is 0 Å². The van der Waals surface area contributed by atoms with Crippen molar-refractivity contribution in [2.45, 2.75) is 11.4 Å². The highest BCUT2D eigenvalue weighted by molar-refractivity contribution is 7.92. The topological polar surface area (TPSA) is 82.4 Å². The van der Waals surface area contributed by atoms with Gasteiger partial charge in [-0.1, -0.05) is 17.7 Å². The van der Waals surface area contributed by atoms with E-state index in [4.69, 9.17) is 21.1 Å². The first kappa shape index (κ1) is 20.0. The zero-order valence-electron chi connectivity index (χ0n) is 15.0. The van der Waals surface area contributed by atoms with Crippen LogP contribution in [0, 0.1) is 5.82 Å². The van der Waals surface area contributed by atoms with Crippen LogP contribution in [0.15, 0.2) is 53.7 Å². The van der Waals surface area contributed by atoms with E-state index in [1.807, 2.05) is 0 Å². The molecule has 1 heterocycles. The fourth-order valence-electron chi connectivity index (χ4n) is 2.53. The molecule has 0 bridgehead atoms. The molecule has 0 saturated heterocycles. The number of nitrogens with zero attached hydrogens (tertiary/aromatic N) is 2. The number of anilines is 1. The van der Waals surface area contributed by atoms with Crippen LogP contribution in [0.5, 0.6) is 11.5 Å². The molecule has 0 aliphatic carbocycles. The Hall–Kier alpha value is -2.78. The van der Waals surface area contributed by atoms with Crippen LogP contribution in [0.25, 0.3) is 0 Å². The van der Waals surface area contributed by atoms with E-state index in [2.05, 4.69) is 9.82 Å². The van der Waals surface area contributed by atoms with Crippen molar-refractivity contribution in [1.29, 1.82) is 0 Å². The van der Waals surface area contributed by atoms with E-state index in [1.165, 1.54) is 55.6 Å². The highest BCUT2D eigenvalue weighted by atomic mass is 35.5. The normalized spacial score (nSPS) is 11.3. The first-order chi connectivity index (χ1) is 13.3. The number of nitrogens with one attached hydrogen (secondary N) is 1. The van der Waals surface area contributed by atoms with Gasteiger partial charge in [-0.25, -0.2) is 12.8 Å². The number of aromatic nitrogens is 2. The van der Waals surface area contributed by atoms with Gasteiger partial charge in [0, 0.05) is 17.3 Å². The van der Waals surface area contributed by atoms with Crippen LogP contribution in [-0.2, 0) is 16.6 Å². The Balaban J connectivity index is 1.82. The van der Waals surface area contributed by atoms with Crippen LogP contribution < -0.4 is 14.2 Å². The third-order valence-electron chi connectivity index (χ3n) is 3.89. The largest absolute Gasteiger partial charge is 0.497 e. The van der Waals surface area contributed by atoms with Crippen LogP contribution in [0.4, 0.5) is 10.1 Å². The summed E-state index contributed by atoms with van der Waals surface area (Å²) in [5.41, 5.74) is 0.901. The molecule has 1 aromatic heterocycles. The lowest BCUT2D eigenvalue weighted by Crippen LogP contribution is -2.14. The fraction of sp³-hybridized carbons (Fsp3) is 0.167. The summed E-state index contributed by atoms with van der Waals surface area (Å²) < 4.78 is 52.8. The summed E-state index contributed by atoms with van der Waals surface area (Å²) in [6.45, 7) is 0.253. The van der Waals surface area contributed by atoms with E-state index >= 15 is 0 Å². The summed E-state index contributed by atoms with van der Waals surface area (Å²) in [6.07, 6.45) is 2.87. The number of halogens is 2. The summed E-state index contributed by atoms with van der Waals surface area (Å²) >= 11 is 6.02. The van der Waals surface area contributed by atoms with E-state index < -0.39 is 15.8 Å². The quantitative estimate of drug-likeness (QED) is 0.626. The Labute approximate surface area is 166 Å². The van der Waals surface area contributed by atoms with E-state index in [0.717, 1.165) is 0 Å². The molecule has 0 amide bonds. The zero-order chi connectivity index (χ0) is 20.3. The first-order valence-electron chi connectivity index (χ1n) is 8.03. The minimum Gasteiger partial charge on any atom is -0.497 e. The highest BCUT2D eigenvalue weighted by Crippen LogP contribution is 2.29. The lowest BCUT2D eigenvalue weighted by molar-refractivity contribution is 0.392. The molecule has 0 fully saturated rings. The molecule has 1 N–H and O–H groups in total. The van der Waals surface area contributed by atoms with Crippen molar-refractivity contribution >= 4 is 27.3 Å². The smallest absolute Gasteiger partial charge is 0.265 e. The van der Waals surface area contributed by atoms with Crippen molar-refractivity contribution in [3.05, 3.63) is 65.2 Å². The molecule has 2 aromatic carbocycles. The Morgan fingerprint density at radius 1 is 1.18 bits per heavy atom. The second-order valence-electron chi connectivity index (χ2n) is 5.78. The highest BCUT2D eigenvalue weighted by Gasteiger charge is 2.21. The molecule has 3 aromatic rings. The zero-order valence-corrected chi connectivity index (χ0v) is 16.6. The number of hydrogen-bond acceptors (Lipinski definition) is 5. The van der Waals surface area contributed by atoms with Gasteiger partial charge in [0.25, 0.3) is 10.0 Å². The third-order valence-corrected chi connectivity index (χ3v) is 5.65. The molecular formula is C18H17ClFN3O4S. The van der Waals surface area contributed by atoms with E-state index in [1.54, 1.807) is 12.1 Å². The van der Waals surface area contributed by atoms with E-state index in [-0.39, 0.29) is 27.9 Å². The maximum Gasteiger partial charge on any atom is 0.265 e. The molecule has 28 heavy (non-hydrogen) atoms. The summed E-state index contributed by atoms with van der Waals surface area (Å²) in [7, 11) is -1.12. The number of hydrogen-bond donors (Lipinski definition) is 1. The summed E-state index contributed by atoms with van der Waals surface area (Å²) in [5, 5.41) is 4.37. The average Bonchev–Trinajstić information content (AvgIpc) is 3.09. The standard InChI is InChI=1S/C18H17ClFN3O4S/c1-26-15-5-6-17(27-2)18(8-15)28(24,25)22-14-9-21-23(11-14)10-12-3-4-13(20)7-16(12)19/h3-9,11,22H,10H2,1-2H3. The predicted molar refractivity (Wildman–Crippen MR) is 103 cm³/mol. The number of benzene rings is 2. The lowest BCUT2D eigenvalue weighted by atomic mass is 10.2. The van der Waals surface area contributed by atoms with Crippen molar-refractivity contribution in [2.75, 3.05) is 18.9 Å². The van der Waals surface area contributed by atoms with Gasteiger partial charge in [-0.2, -0.15) is 5.10 Å². The van der Waals surface area contributed by atoms with Gasteiger partial charge in [0.15, 0.2) is 0 Å². The molecule has 3 rings (SSSR count). The van der Waals surface area contributed by atoms with E-state index in [9.17, 15) is 12.8 Å². The first-order valence-corrected chi connectivity index (χ1v) is 9.90. The van der Waals surface area contributed by atoms with Crippen molar-refractivity contribution in [3.8, 4) is 11.5 Å². The fourth-order valence-corrected chi connectivity index (χ4v) is 3.97. The SMILES string of the molecule is COc1ccc(OC)c(S(=O)(=O)Nc2cnn(Cc3ccc(F)cc3Cl)c2)c1. The number of sulfonamides is 1. The lowest BCUT2D eigenvalue weighted by Gasteiger charge is -2.11. The van der Waals surface area contributed by atoms with Crippen LogP contribution in [0.3, 0.4) is 0 Å². The summed E-state index contributed by atoms with van der Waals surface area (Å²) in [4.78, 5) is -0.0660. The monoisotopic (exact) mass is 425 g/mol. The molecule has 10 heteroatoms. The summed E-state index contributed by atoms with van der Waals surface area (Å²) in [6, 6.07) is 8.52. The Kier molecular flexibility index (Phi) is 5.76. The van der Waals surface area contributed by atoms with Gasteiger partial charge >= 0.3 is 0 Å². The molecule has 0 saturated carbocycles. The molecule has 0 spiro atoms. The maximum atomic E-state index is 13.2. The maximum absolute atomic E-state index is 13.2. The number of rotatable bonds is 7. The molecule has 148 valence electrons. The Morgan fingerprint density at radius 2 is 1.96 bits per heavy atom. The third kappa shape index (κ3) is 4.37. The van der Waals surface area contributed by atoms with Crippen molar-refractivity contribution in [2.24, 2.45) is 0 Å².